The van der Waals surface area contributed by atoms with E-state index >= 15 is 0 Å². The lowest BCUT2D eigenvalue weighted by Gasteiger charge is -2.26. The Hall–Kier alpha value is -2.10. The molecule has 0 amide bonds. The van der Waals surface area contributed by atoms with E-state index in [9.17, 15) is 17.2 Å². The minimum absolute atomic E-state index is 0.0886. The lowest BCUT2D eigenvalue weighted by atomic mass is 9.98. The largest absolute Gasteiger partial charge is 0.259 e. The maximum atomic E-state index is 14.3. The van der Waals surface area contributed by atoms with Crippen molar-refractivity contribution in [1.29, 1.82) is 0 Å². The van der Waals surface area contributed by atoms with Crippen LogP contribution >= 0.6 is 15.9 Å². The molecule has 0 radical (unpaired) electrons. The minimum atomic E-state index is -3.81. The van der Waals surface area contributed by atoms with Gasteiger partial charge in [-0.25, -0.2) is 21.9 Å². The van der Waals surface area contributed by atoms with Gasteiger partial charge >= 0.3 is 0 Å². The summed E-state index contributed by atoms with van der Waals surface area (Å²) in [7, 11) is -3.81. The molecule has 1 atom stereocenters. The van der Waals surface area contributed by atoms with Crippen LogP contribution in [0, 0.1) is 24.5 Å². The zero-order valence-corrected chi connectivity index (χ0v) is 21.3. The van der Waals surface area contributed by atoms with E-state index in [2.05, 4.69) is 25.8 Å². The van der Waals surface area contributed by atoms with Gasteiger partial charge in [0.05, 0.1) is 28.4 Å². The lowest BCUT2D eigenvalue weighted by molar-refractivity contribution is 0.359. The van der Waals surface area contributed by atoms with Crippen LogP contribution in [-0.4, -0.2) is 18.2 Å². The van der Waals surface area contributed by atoms with Gasteiger partial charge < -0.3 is 0 Å². The average Bonchev–Trinajstić information content (AvgIpc) is 3.46. The van der Waals surface area contributed by atoms with Gasteiger partial charge in [-0.3, -0.25) is 4.68 Å². The summed E-state index contributed by atoms with van der Waals surface area (Å²) in [5, 5.41) is 4.55. The van der Waals surface area contributed by atoms with Gasteiger partial charge in [0.25, 0.3) is 0 Å². The Morgan fingerprint density at radius 2 is 1.73 bits per heavy atom. The second-order valence-electron chi connectivity index (χ2n) is 9.53. The summed E-state index contributed by atoms with van der Waals surface area (Å²) in [5.74, 6) is -1.86. The van der Waals surface area contributed by atoms with Gasteiger partial charge in [-0.15, -0.1) is 0 Å². The quantitative estimate of drug-likeness (QED) is 0.387. The summed E-state index contributed by atoms with van der Waals surface area (Å²) in [4.78, 5) is 0.178. The fourth-order valence-corrected chi connectivity index (χ4v) is 5.65. The van der Waals surface area contributed by atoms with E-state index < -0.39 is 33.2 Å². The average molecular weight is 538 g/mol. The zero-order valence-electron chi connectivity index (χ0n) is 18.9. The van der Waals surface area contributed by atoms with E-state index in [1.807, 2.05) is 27.7 Å². The third-order valence-corrected chi connectivity index (χ3v) is 7.85. The maximum Gasteiger partial charge on any atom is 0.241 e. The van der Waals surface area contributed by atoms with Crippen LogP contribution in [0.2, 0.25) is 0 Å². The van der Waals surface area contributed by atoms with Gasteiger partial charge in [-0.2, -0.15) is 5.10 Å². The van der Waals surface area contributed by atoms with Crippen LogP contribution in [0.4, 0.5) is 8.78 Å². The Balaban J connectivity index is 1.86. The first-order chi connectivity index (χ1) is 15.4. The van der Waals surface area contributed by atoms with Crippen molar-refractivity contribution in [2.45, 2.75) is 57.0 Å². The number of benzene rings is 2. The predicted octanol–water partition coefficient (Wildman–Crippen LogP) is 6.08. The molecule has 0 aliphatic heterocycles. The Kier molecular flexibility index (Phi) is 6.26. The molecule has 0 saturated heterocycles. The fourth-order valence-electron chi connectivity index (χ4n) is 3.87. The predicted molar refractivity (Wildman–Crippen MR) is 127 cm³/mol. The molecule has 176 valence electrons. The number of aryl methyl sites for hydroxylation is 1. The summed E-state index contributed by atoms with van der Waals surface area (Å²) in [6, 6.07) is 8.31. The first kappa shape index (κ1) is 24.0. The summed E-state index contributed by atoms with van der Waals surface area (Å²) in [6.45, 7) is 7.74. The number of aromatic nitrogens is 2. The molecule has 1 aliphatic rings. The van der Waals surface area contributed by atoms with E-state index in [-0.39, 0.29) is 10.8 Å². The van der Waals surface area contributed by atoms with Gasteiger partial charge in [0.1, 0.15) is 0 Å². The monoisotopic (exact) mass is 537 g/mol. The maximum absolute atomic E-state index is 14.3. The highest BCUT2D eigenvalue weighted by Gasteiger charge is 2.39. The topological polar surface area (TPSA) is 64.0 Å². The van der Waals surface area contributed by atoms with Crippen LogP contribution in [0.5, 0.6) is 0 Å². The summed E-state index contributed by atoms with van der Waals surface area (Å²) in [5.41, 5.74) is 2.08. The number of sulfonamides is 1. The number of halogens is 3. The van der Waals surface area contributed by atoms with Crippen LogP contribution in [-0.2, 0) is 15.6 Å². The van der Waals surface area contributed by atoms with Crippen LogP contribution in [0.25, 0.3) is 11.3 Å². The fraction of sp³-hybridized carbons (Fsp3) is 0.375. The molecule has 1 aromatic heterocycles. The molecule has 1 heterocycles. The smallest absolute Gasteiger partial charge is 0.241 e. The van der Waals surface area contributed by atoms with Crippen molar-refractivity contribution in [3.05, 3.63) is 69.8 Å². The highest BCUT2D eigenvalue weighted by molar-refractivity contribution is 9.10. The molecule has 1 N–H and O–H groups in total. The van der Waals surface area contributed by atoms with Gasteiger partial charge in [-0.1, -0.05) is 17.7 Å². The molecule has 1 fully saturated rings. The normalized spacial score (nSPS) is 15.6. The third-order valence-electron chi connectivity index (χ3n) is 5.74. The molecule has 1 saturated carbocycles. The number of nitrogens with one attached hydrogen (secondary N) is 1. The van der Waals surface area contributed by atoms with E-state index in [1.165, 1.54) is 0 Å². The molecule has 1 aliphatic carbocycles. The molecule has 9 heteroatoms. The van der Waals surface area contributed by atoms with Crippen molar-refractivity contribution >= 4 is 26.0 Å². The van der Waals surface area contributed by atoms with Crippen LogP contribution in [0.15, 0.2) is 52.0 Å². The van der Waals surface area contributed by atoms with Crippen LogP contribution < -0.4 is 4.72 Å². The molecular weight excluding hydrogens is 512 g/mol. The highest BCUT2D eigenvalue weighted by Crippen LogP contribution is 2.46. The molecule has 2 aromatic carbocycles. The highest BCUT2D eigenvalue weighted by atomic mass is 79.9. The number of hydrogen-bond donors (Lipinski definition) is 1. The van der Waals surface area contributed by atoms with E-state index in [0.717, 1.165) is 30.5 Å². The molecular formula is C24H26BrF2N3O2S. The van der Waals surface area contributed by atoms with Crippen molar-refractivity contribution in [1.82, 2.24) is 14.5 Å². The third kappa shape index (κ3) is 4.90. The van der Waals surface area contributed by atoms with Crippen LogP contribution in [0.1, 0.15) is 50.8 Å². The second kappa shape index (κ2) is 8.60. The van der Waals surface area contributed by atoms with Gasteiger partial charge in [-0.05, 0) is 86.6 Å². The van der Waals surface area contributed by atoms with Gasteiger partial charge in [0.2, 0.25) is 10.0 Å². The first-order valence-corrected chi connectivity index (χ1v) is 13.0. The molecule has 5 nitrogen and oxygen atoms in total. The molecule has 0 spiro atoms. The standard InChI is InChI=1S/C24H26BrF2N3O2S/c1-14-5-9-16(10-6-14)33(31,32)29-22(15-7-8-15)18-13-28-30(24(2,3)4)23(18)17-11-20(26)21(27)12-19(17)25/h5-6,9-13,15,22,29H,7-8H2,1-4H3. The SMILES string of the molecule is Cc1ccc(S(=O)(=O)NC(c2cnn(C(C)(C)C)c2-c2cc(F)c(F)cc2Br)C2CC2)cc1. The van der Waals surface area contributed by atoms with Crippen molar-refractivity contribution in [2.24, 2.45) is 5.92 Å². The first-order valence-electron chi connectivity index (χ1n) is 10.7. The summed E-state index contributed by atoms with van der Waals surface area (Å²) < 4.78 is 59.5. The van der Waals surface area contributed by atoms with Gasteiger partial charge in [0, 0.05) is 15.6 Å². The Labute approximate surface area is 201 Å². The van der Waals surface area contributed by atoms with E-state index in [0.29, 0.717) is 21.3 Å². The molecule has 4 rings (SSSR count). The van der Waals surface area contributed by atoms with Crippen molar-refractivity contribution in [2.75, 3.05) is 0 Å². The molecule has 0 bridgehead atoms. The van der Waals surface area contributed by atoms with E-state index in [1.54, 1.807) is 35.1 Å². The lowest BCUT2D eigenvalue weighted by Crippen LogP contribution is -2.31. The molecule has 33 heavy (non-hydrogen) atoms. The number of rotatable bonds is 6. The van der Waals surface area contributed by atoms with Crippen LogP contribution in [0.3, 0.4) is 0 Å². The van der Waals surface area contributed by atoms with Crippen molar-refractivity contribution in [3.63, 3.8) is 0 Å². The Morgan fingerprint density at radius 3 is 2.30 bits per heavy atom. The minimum Gasteiger partial charge on any atom is -0.259 e. The number of hydrogen-bond acceptors (Lipinski definition) is 3. The van der Waals surface area contributed by atoms with Crippen molar-refractivity contribution in [3.8, 4) is 11.3 Å². The zero-order chi connectivity index (χ0) is 24.1. The van der Waals surface area contributed by atoms with Gasteiger partial charge in [0.15, 0.2) is 11.6 Å². The van der Waals surface area contributed by atoms with E-state index in [4.69, 9.17) is 0 Å². The molecule has 3 aromatic rings. The summed E-state index contributed by atoms with van der Waals surface area (Å²) in [6.07, 6.45) is 3.36. The summed E-state index contributed by atoms with van der Waals surface area (Å²) >= 11 is 3.36. The Bertz CT molecular complexity index is 1290. The second-order valence-corrected chi connectivity index (χ2v) is 12.1. The number of nitrogens with zero attached hydrogens (tertiary/aromatic N) is 2. The Morgan fingerprint density at radius 1 is 1.12 bits per heavy atom. The van der Waals surface area contributed by atoms with Crippen molar-refractivity contribution < 1.29 is 17.2 Å². The molecule has 1 unspecified atom stereocenters.